The summed E-state index contributed by atoms with van der Waals surface area (Å²) in [6, 6.07) is 3.45. The van der Waals surface area contributed by atoms with E-state index in [4.69, 9.17) is 4.74 Å². The van der Waals surface area contributed by atoms with Gasteiger partial charge in [-0.1, -0.05) is 0 Å². The predicted molar refractivity (Wildman–Crippen MR) is 64.2 cm³/mol. The molecule has 2 rings (SSSR count). The van der Waals surface area contributed by atoms with Crippen LogP contribution in [0.1, 0.15) is 12.5 Å². The maximum Gasteiger partial charge on any atom is 1.00 e. The number of ether oxygens (including phenoxy) is 1. The van der Waals surface area contributed by atoms with Crippen molar-refractivity contribution < 1.29 is 52.6 Å². The van der Waals surface area contributed by atoms with Gasteiger partial charge in [0.25, 0.3) is 5.91 Å². The van der Waals surface area contributed by atoms with Gasteiger partial charge in [-0.2, -0.15) is 0 Å². The SMILES string of the molecule is COc1ccc(S(=O)[O-])cc1C1(C)NC(=O)NC1=O.[Na+]. The quantitative estimate of drug-likeness (QED) is 0.351. The molecule has 9 heteroatoms. The molecule has 0 saturated carbocycles. The second-order valence-corrected chi connectivity index (χ2v) is 5.07. The first kappa shape index (κ1) is 17.1. The van der Waals surface area contributed by atoms with Gasteiger partial charge >= 0.3 is 35.6 Å². The van der Waals surface area contributed by atoms with E-state index < -0.39 is 28.6 Å². The number of carbonyl (C=O) groups excluding carboxylic acids is 2. The largest absolute Gasteiger partial charge is 1.00 e. The molecule has 3 amide bonds. The van der Waals surface area contributed by atoms with Crippen LogP contribution >= 0.6 is 0 Å². The molecule has 1 aliphatic heterocycles. The third-order valence-corrected chi connectivity index (χ3v) is 3.59. The van der Waals surface area contributed by atoms with Crippen LogP contribution in [0.3, 0.4) is 0 Å². The van der Waals surface area contributed by atoms with E-state index in [2.05, 4.69) is 10.6 Å². The van der Waals surface area contributed by atoms with Crippen molar-refractivity contribution in [3.8, 4) is 5.75 Å². The fourth-order valence-corrected chi connectivity index (χ4v) is 2.31. The molecule has 0 spiro atoms. The van der Waals surface area contributed by atoms with Gasteiger partial charge in [0.05, 0.1) is 7.11 Å². The van der Waals surface area contributed by atoms with Crippen LogP contribution in [0.25, 0.3) is 0 Å². The van der Waals surface area contributed by atoms with Gasteiger partial charge in [-0.3, -0.25) is 14.3 Å². The number of amides is 3. The monoisotopic (exact) mass is 306 g/mol. The van der Waals surface area contributed by atoms with Gasteiger partial charge < -0.3 is 14.6 Å². The maximum atomic E-state index is 11.9. The Morgan fingerprint density at radius 1 is 1.35 bits per heavy atom. The third-order valence-electron chi connectivity index (χ3n) is 2.95. The van der Waals surface area contributed by atoms with E-state index in [1.807, 2.05) is 0 Å². The molecular weight excluding hydrogens is 295 g/mol. The smallest absolute Gasteiger partial charge is 0.768 e. The van der Waals surface area contributed by atoms with E-state index in [0.29, 0.717) is 5.75 Å². The Balaban J connectivity index is 0.00000200. The van der Waals surface area contributed by atoms with Gasteiger partial charge in [0.1, 0.15) is 11.3 Å². The molecule has 0 bridgehead atoms. The Hall–Kier alpha value is -0.930. The zero-order valence-electron chi connectivity index (χ0n) is 11.2. The maximum absolute atomic E-state index is 11.9. The Bertz CT molecular complexity index is 594. The molecule has 20 heavy (non-hydrogen) atoms. The molecule has 2 unspecified atom stereocenters. The van der Waals surface area contributed by atoms with Crippen LogP contribution in [0.4, 0.5) is 4.79 Å². The van der Waals surface area contributed by atoms with Gasteiger partial charge in [0.15, 0.2) is 0 Å². The summed E-state index contributed by atoms with van der Waals surface area (Å²) in [6.07, 6.45) is 0. The summed E-state index contributed by atoms with van der Waals surface area (Å²) in [5.41, 5.74) is -1.09. The van der Waals surface area contributed by atoms with Crippen molar-refractivity contribution >= 4 is 23.0 Å². The van der Waals surface area contributed by atoms with Crippen LogP contribution in [0, 0.1) is 0 Å². The van der Waals surface area contributed by atoms with Crippen molar-refractivity contribution in [2.75, 3.05) is 7.11 Å². The average molecular weight is 306 g/mol. The van der Waals surface area contributed by atoms with Crippen molar-refractivity contribution in [3.05, 3.63) is 23.8 Å². The van der Waals surface area contributed by atoms with Gasteiger partial charge in [-0.05, 0) is 36.2 Å². The summed E-state index contributed by atoms with van der Waals surface area (Å²) >= 11 is -2.44. The molecule has 1 heterocycles. The molecule has 1 saturated heterocycles. The van der Waals surface area contributed by atoms with Crippen LogP contribution < -0.4 is 44.9 Å². The molecule has 102 valence electrons. The summed E-state index contributed by atoms with van der Waals surface area (Å²) in [4.78, 5) is 23.1. The first-order valence-electron chi connectivity index (χ1n) is 5.30. The van der Waals surface area contributed by atoms with Crippen LogP contribution in [0.5, 0.6) is 5.75 Å². The van der Waals surface area contributed by atoms with Crippen molar-refractivity contribution in [2.45, 2.75) is 17.4 Å². The second kappa shape index (κ2) is 6.23. The molecule has 7 nitrogen and oxygen atoms in total. The predicted octanol–water partition coefficient (Wildman–Crippen LogP) is -3.01. The first-order chi connectivity index (χ1) is 8.88. The molecule has 0 aliphatic carbocycles. The zero-order chi connectivity index (χ0) is 14.2. The Morgan fingerprint density at radius 2 is 2.00 bits per heavy atom. The molecule has 1 fully saturated rings. The number of urea groups is 1. The minimum atomic E-state index is -2.44. The molecule has 1 aromatic carbocycles. The molecule has 0 aromatic heterocycles. The van der Waals surface area contributed by atoms with E-state index in [-0.39, 0.29) is 40.0 Å². The summed E-state index contributed by atoms with van der Waals surface area (Å²) in [5, 5.41) is 4.56. The summed E-state index contributed by atoms with van der Waals surface area (Å²) < 4.78 is 27.1. The molecule has 0 radical (unpaired) electrons. The molecule has 1 aliphatic rings. The van der Waals surface area contributed by atoms with Crippen LogP contribution in [-0.2, 0) is 21.4 Å². The van der Waals surface area contributed by atoms with Crippen LogP contribution in [-0.4, -0.2) is 27.8 Å². The Kier molecular flexibility index (Phi) is 5.33. The Labute approximate surface area is 140 Å². The number of carbonyl (C=O) groups is 2. The summed E-state index contributed by atoms with van der Waals surface area (Å²) in [7, 11) is 1.39. The standard InChI is InChI=1S/C11H12N2O5S.Na/c1-11(9(14)12-10(15)13-11)7-5-6(19(16)17)3-4-8(7)18-2;/h3-5H,1-2H3,(H,16,17)(H2,12,13,14,15);/q;+1/p-1. The number of rotatable bonds is 3. The topological polar surface area (TPSA) is 108 Å². The first-order valence-corrected chi connectivity index (χ1v) is 6.37. The summed E-state index contributed by atoms with van der Waals surface area (Å²) in [6.45, 7) is 1.47. The number of benzene rings is 1. The minimum Gasteiger partial charge on any atom is -0.768 e. The number of hydrogen-bond acceptors (Lipinski definition) is 5. The van der Waals surface area contributed by atoms with Crippen LogP contribution in [0.15, 0.2) is 23.1 Å². The van der Waals surface area contributed by atoms with Crippen LogP contribution in [0.2, 0.25) is 0 Å². The number of methoxy groups -OCH3 is 1. The number of nitrogens with one attached hydrogen (secondary N) is 2. The normalized spacial score (nSPS) is 22.6. The number of imide groups is 1. The van der Waals surface area contributed by atoms with Crippen molar-refractivity contribution in [3.63, 3.8) is 0 Å². The van der Waals surface area contributed by atoms with E-state index >= 15 is 0 Å². The Morgan fingerprint density at radius 3 is 2.45 bits per heavy atom. The molecule has 2 atom stereocenters. The average Bonchev–Trinajstić information content (AvgIpc) is 2.63. The molecular formula is C11H11N2NaO5S. The van der Waals surface area contributed by atoms with Gasteiger partial charge in [0, 0.05) is 10.5 Å². The fourth-order valence-electron chi connectivity index (χ4n) is 1.91. The number of hydrogen-bond donors (Lipinski definition) is 2. The van der Waals surface area contributed by atoms with Gasteiger partial charge in [-0.15, -0.1) is 0 Å². The van der Waals surface area contributed by atoms with Gasteiger partial charge in [-0.25, -0.2) is 4.79 Å². The van der Waals surface area contributed by atoms with Crippen molar-refractivity contribution in [2.24, 2.45) is 0 Å². The fraction of sp³-hybridized carbons (Fsp3) is 0.273. The van der Waals surface area contributed by atoms with E-state index in [0.717, 1.165) is 0 Å². The van der Waals surface area contributed by atoms with Gasteiger partial charge in [0.2, 0.25) is 0 Å². The van der Waals surface area contributed by atoms with E-state index in [1.165, 1.54) is 32.2 Å². The third kappa shape index (κ3) is 2.89. The molecule has 1 aromatic rings. The zero-order valence-corrected chi connectivity index (χ0v) is 14.0. The van der Waals surface area contributed by atoms with Crippen molar-refractivity contribution in [1.82, 2.24) is 10.6 Å². The molecule has 2 N–H and O–H groups in total. The minimum absolute atomic E-state index is 0. The summed E-state index contributed by atoms with van der Waals surface area (Å²) in [5.74, 6) is -0.251. The van der Waals surface area contributed by atoms with E-state index in [9.17, 15) is 18.4 Å². The van der Waals surface area contributed by atoms with E-state index in [1.54, 1.807) is 0 Å². The van der Waals surface area contributed by atoms with Crippen molar-refractivity contribution in [1.29, 1.82) is 0 Å². The second-order valence-electron chi connectivity index (χ2n) is 4.13.